The molecule has 0 bridgehead atoms. The Morgan fingerprint density at radius 1 is 1.41 bits per heavy atom. The third kappa shape index (κ3) is 2.76. The molecule has 1 aromatic rings. The van der Waals surface area contributed by atoms with Crippen LogP contribution in [0.5, 0.6) is 0 Å². The molecule has 2 heteroatoms. The first kappa shape index (κ1) is 11.9. The Balaban J connectivity index is 2.21. The fraction of sp³-hybridized carbons (Fsp3) is 0.400. The van der Waals surface area contributed by atoms with Crippen LogP contribution in [-0.4, -0.2) is 5.97 Å². The van der Waals surface area contributed by atoms with Crippen molar-refractivity contribution in [2.24, 2.45) is 5.92 Å². The third-order valence-corrected chi connectivity index (χ3v) is 3.42. The maximum atomic E-state index is 10.7. The van der Waals surface area contributed by atoms with Crippen LogP contribution in [0.1, 0.15) is 37.3 Å². The van der Waals surface area contributed by atoms with Crippen molar-refractivity contribution in [3.05, 3.63) is 47.7 Å². The first-order chi connectivity index (χ1) is 8.18. The molecule has 2 nitrogen and oxygen atoms in total. The van der Waals surface area contributed by atoms with Gasteiger partial charge in [-0.05, 0) is 36.0 Å². The third-order valence-electron chi connectivity index (χ3n) is 3.42. The predicted octanol–water partition coefficient (Wildman–Crippen LogP) is 3.43. The van der Waals surface area contributed by atoms with Gasteiger partial charge in [-0.15, -0.1) is 0 Å². The summed E-state index contributed by atoms with van der Waals surface area (Å²) in [5.41, 5.74) is 2.79. The van der Waals surface area contributed by atoms with Gasteiger partial charge < -0.3 is 4.74 Å². The Morgan fingerprint density at radius 2 is 2.18 bits per heavy atom. The van der Waals surface area contributed by atoms with E-state index in [-0.39, 0.29) is 5.97 Å². The highest BCUT2D eigenvalue weighted by molar-refractivity contribution is 5.66. The number of carbonyl (C=O) groups is 1. The van der Waals surface area contributed by atoms with E-state index in [4.69, 9.17) is 4.74 Å². The van der Waals surface area contributed by atoms with E-state index >= 15 is 0 Å². The van der Waals surface area contributed by atoms with Crippen molar-refractivity contribution in [1.29, 1.82) is 0 Å². The Kier molecular flexibility index (Phi) is 3.62. The molecule has 2 atom stereocenters. The zero-order valence-corrected chi connectivity index (χ0v) is 10.3. The molecule has 2 unspecified atom stereocenters. The number of rotatable bonds is 2. The standard InChI is InChI=1S/C15H18O2/c1-11-7-8-13-5-3-4-6-15(13)14(11)9-10-17-12(2)16/h3-6,9-11,14H,7-8H2,1-2H3/b10-9+. The van der Waals surface area contributed by atoms with Crippen molar-refractivity contribution in [2.75, 3.05) is 0 Å². The molecule has 0 aliphatic heterocycles. The van der Waals surface area contributed by atoms with Crippen molar-refractivity contribution in [3.63, 3.8) is 0 Å². The highest BCUT2D eigenvalue weighted by Gasteiger charge is 2.24. The normalized spacial score (nSPS) is 23.4. The summed E-state index contributed by atoms with van der Waals surface area (Å²) in [6, 6.07) is 8.52. The molecule has 0 spiro atoms. The number of aryl methyl sites for hydroxylation is 1. The maximum absolute atomic E-state index is 10.7. The minimum Gasteiger partial charge on any atom is -0.435 e. The lowest BCUT2D eigenvalue weighted by atomic mass is 9.76. The monoisotopic (exact) mass is 230 g/mol. The smallest absolute Gasteiger partial charge is 0.307 e. The summed E-state index contributed by atoms with van der Waals surface area (Å²) >= 11 is 0. The van der Waals surface area contributed by atoms with E-state index in [2.05, 4.69) is 31.2 Å². The summed E-state index contributed by atoms with van der Waals surface area (Å²) in [5, 5.41) is 0. The second-order valence-electron chi connectivity index (χ2n) is 4.68. The van der Waals surface area contributed by atoms with Gasteiger partial charge in [0.25, 0.3) is 0 Å². The predicted molar refractivity (Wildman–Crippen MR) is 67.6 cm³/mol. The lowest BCUT2D eigenvalue weighted by molar-refractivity contribution is -0.135. The molecule has 0 heterocycles. The highest BCUT2D eigenvalue weighted by Crippen LogP contribution is 2.36. The molecule has 0 saturated carbocycles. The molecule has 0 N–H and O–H groups in total. The molecule has 17 heavy (non-hydrogen) atoms. The first-order valence-electron chi connectivity index (χ1n) is 6.10. The number of benzene rings is 1. The minimum atomic E-state index is -0.266. The number of ether oxygens (including phenoxy) is 1. The lowest BCUT2D eigenvalue weighted by Crippen LogP contribution is -2.16. The van der Waals surface area contributed by atoms with Gasteiger partial charge in [0.2, 0.25) is 0 Å². The Labute approximate surface area is 102 Å². The van der Waals surface area contributed by atoms with Crippen LogP contribution >= 0.6 is 0 Å². The summed E-state index contributed by atoms with van der Waals surface area (Å²) in [7, 11) is 0. The molecule has 0 aromatic heterocycles. The number of carbonyl (C=O) groups excluding carboxylic acids is 1. The van der Waals surface area contributed by atoms with Crippen LogP contribution in [0.15, 0.2) is 36.6 Å². The van der Waals surface area contributed by atoms with Gasteiger partial charge in [0, 0.05) is 12.8 Å². The van der Waals surface area contributed by atoms with Gasteiger partial charge in [-0.2, -0.15) is 0 Å². The van der Waals surface area contributed by atoms with Crippen LogP contribution in [0, 0.1) is 5.92 Å². The van der Waals surface area contributed by atoms with E-state index in [0.717, 1.165) is 6.42 Å². The van der Waals surface area contributed by atoms with Crippen molar-refractivity contribution in [2.45, 2.75) is 32.6 Å². The first-order valence-corrected chi connectivity index (χ1v) is 6.10. The molecular weight excluding hydrogens is 212 g/mol. The zero-order chi connectivity index (χ0) is 12.3. The van der Waals surface area contributed by atoms with Crippen LogP contribution in [0.4, 0.5) is 0 Å². The van der Waals surface area contributed by atoms with Gasteiger partial charge >= 0.3 is 5.97 Å². The molecule has 0 saturated heterocycles. The molecule has 0 amide bonds. The van der Waals surface area contributed by atoms with E-state index in [9.17, 15) is 4.79 Å². The molecule has 1 aliphatic carbocycles. The molecule has 1 aliphatic rings. The van der Waals surface area contributed by atoms with E-state index in [1.54, 1.807) is 0 Å². The van der Waals surface area contributed by atoms with Gasteiger partial charge in [-0.1, -0.05) is 31.2 Å². The molecular formula is C15H18O2. The SMILES string of the molecule is CC(=O)O/C=C/C1c2ccccc2CCC1C. The Bertz CT molecular complexity index is 434. The number of hydrogen-bond acceptors (Lipinski definition) is 2. The van der Waals surface area contributed by atoms with Crippen molar-refractivity contribution in [1.82, 2.24) is 0 Å². The van der Waals surface area contributed by atoms with E-state index in [1.165, 1.54) is 30.7 Å². The summed E-state index contributed by atoms with van der Waals surface area (Å²) in [5.74, 6) is 0.689. The number of fused-ring (bicyclic) bond motifs is 1. The molecule has 1 aromatic carbocycles. The van der Waals surface area contributed by atoms with E-state index in [0.29, 0.717) is 11.8 Å². The molecule has 0 fully saturated rings. The van der Waals surface area contributed by atoms with Crippen molar-refractivity contribution < 1.29 is 9.53 Å². The molecule has 2 rings (SSSR count). The number of allylic oxidation sites excluding steroid dienone is 1. The number of esters is 1. The maximum Gasteiger partial charge on any atom is 0.307 e. The summed E-state index contributed by atoms with van der Waals surface area (Å²) in [6.07, 6.45) is 5.87. The summed E-state index contributed by atoms with van der Waals surface area (Å²) < 4.78 is 4.89. The average Bonchev–Trinajstić information content (AvgIpc) is 2.32. The van der Waals surface area contributed by atoms with Gasteiger partial charge in [-0.3, -0.25) is 4.79 Å². The van der Waals surface area contributed by atoms with Crippen LogP contribution in [-0.2, 0) is 16.0 Å². The fourth-order valence-electron chi connectivity index (χ4n) is 2.47. The van der Waals surface area contributed by atoms with Crippen LogP contribution in [0.25, 0.3) is 0 Å². The summed E-state index contributed by atoms with van der Waals surface area (Å²) in [4.78, 5) is 10.7. The van der Waals surface area contributed by atoms with Crippen molar-refractivity contribution in [3.8, 4) is 0 Å². The van der Waals surface area contributed by atoms with Gasteiger partial charge in [0.05, 0.1) is 6.26 Å². The lowest BCUT2D eigenvalue weighted by Gasteiger charge is -2.29. The second-order valence-corrected chi connectivity index (χ2v) is 4.68. The molecule has 90 valence electrons. The van der Waals surface area contributed by atoms with E-state index < -0.39 is 0 Å². The largest absolute Gasteiger partial charge is 0.435 e. The van der Waals surface area contributed by atoms with Crippen LogP contribution in [0.2, 0.25) is 0 Å². The second kappa shape index (κ2) is 5.17. The highest BCUT2D eigenvalue weighted by atomic mass is 16.5. The van der Waals surface area contributed by atoms with Crippen molar-refractivity contribution >= 4 is 5.97 Å². The fourth-order valence-corrected chi connectivity index (χ4v) is 2.47. The Hall–Kier alpha value is -1.57. The quantitative estimate of drug-likeness (QED) is 0.574. The van der Waals surface area contributed by atoms with E-state index in [1.807, 2.05) is 6.08 Å². The van der Waals surface area contributed by atoms with Gasteiger partial charge in [-0.25, -0.2) is 0 Å². The average molecular weight is 230 g/mol. The topological polar surface area (TPSA) is 26.3 Å². The minimum absolute atomic E-state index is 0.266. The Morgan fingerprint density at radius 3 is 2.94 bits per heavy atom. The van der Waals surface area contributed by atoms with Gasteiger partial charge in [0.15, 0.2) is 0 Å². The van der Waals surface area contributed by atoms with Crippen LogP contribution in [0.3, 0.4) is 0 Å². The van der Waals surface area contributed by atoms with Gasteiger partial charge in [0.1, 0.15) is 0 Å². The number of hydrogen-bond donors (Lipinski definition) is 0. The van der Waals surface area contributed by atoms with Crippen LogP contribution < -0.4 is 0 Å². The zero-order valence-electron chi connectivity index (χ0n) is 10.3. The summed E-state index contributed by atoms with van der Waals surface area (Å²) in [6.45, 7) is 3.67. The molecule has 0 radical (unpaired) electrons.